The van der Waals surface area contributed by atoms with E-state index in [-0.39, 0.29) is 27.1 Å². The molecule has 0 saturated carbocycles. The van der Waals surface area contributed by atoms with Crippen molar-refractivity contribution in [3.63, 3.8) is 0 Å². The molecule has 0 atom stereocenters. The molecule has 0 aliphatic rings. The molecule has 0 spiro atoms. The fourth-order valence-corrected chi connectivity index (χ4v) is 4.56. The summed E-state index contributed by atoms with van der Waals surface area (Å²) >= 11 is 0. The highest BCUT2D eigenvalue weighted by atomic mass is 19.1. The average molecular weight is 522 g/mol. The molecule has 0 N–H and O–H groups in total. The van der Waals surface area contributed by atoms with Crippen molar-refractivity contribution in [2.75, 3.05) is 0 Å². The van der Waals surface area contributed by atoms with Gasteiger partial charge in [0.1, 0.15) is 5.82 Å². The van der Waals surface area contributed by atoms with E-state index < -0.39 is 142 Å². The van der Waals surface area contributed by atoms with Crippen LogP contribution in [0, 0.1) is 5.82 Å². The van der Waals surface area contributed by atoms with Crippen molar-refractivity contribution in [3.05, 3.63) is 127 Å². The summed E-state index contributed by atoms with van der Waals surface area (Å²) in [5, 5.41) is -1.27. The maximum atomic E-state index is 15.6. The molecule has 0 unspecified atom stereocenters. The van der Waals surface area contributed by atoms with E-state index in [9.17, 15) is 0 Å². The van der Waals surface area contributed by atoms with E-state index in [2.05, 4.69) is 15.0 Å². The second kappa shape index (κ2) is 8.33. The zero-order valence-electron chi connectivity index (χ0n) is 35.4. The molecule has 0 aliphatic carbocycles. The van der Waals surface area contributed by atoms with Gasteiger partial charge in [-0.25, -0.2) is 4.39 Å². The molecule has 0 saturated heterocycles. The van der Waals surface area contributed by atoms with Gasteiger partial charge in [-0.15, -0.1) is 0 Å². The molecule has 0 radical (unpaired) electrons. The lowest BCUT2D eigenvalue weighted by atomic mass is 10.2. The lowest BCUT2D eigenvalue weighted by Gasteiger charge is -2.12. The molecule has 8 aromatic rings. The summed E-state index contributed by atoms with van der Waals surface area (Å²) in [7, 11) is 0. The van der Waals surface area contributed by atoms with Crippen LogP contribution in [-0.4, -0.2) is 24.1 Å². The van der Waals surface area contributed by atoms with Crippen LogP contribution in [-0.2, 0) is 0 Å². The number of aromatic nitrogens is 5. The standard InChI is InChI=1S/C33H20FN5/c34-26-16-6-1-15-25(26)31-35-32(38-27-17-7-2-11-21(27)22-12-3-8-18-28(22)38)37-33(36-31)39-29-19-9-4-13-23(29)24-14-5-10-20-30(24)39/h1-20H/i2D,3D,4D,5D,7D,8D,9D,10D,11D,12D,13D,14D,17D,18D,19D,20D. The highest BCUT2D eigenvalue weighted by Crippen LogP contribution is 2.34. The molecule has 5 nitrogen and oxygen atoms in total. The molecular formula is C33H20FN5. The first-order chi connectivity index (χ1) is 25.9. The summed E-state index contributed by atoms with van der Waals surface area (Å²) < 4.78 is 156. The van der Waals surface area contributed by atoms with E-state index >= 15 is 4.39 Å². The molecule has 3 aromatic heterocycles. The molecule has 0 bridgehead atoms. The lowest BCUT2D eigenvalue weighted by molar-refractivity contribution is 0.629. The van der Waals surface area contributed by atoms with Gasteiger partial charge >= 0.3 is 0 Å². The van der Waals surface area contributed by atoms with Crippen molar-refractivity contribution < 1.29 is 26.3 Å². The van der Waals surface area contributed by atoms with Gasteiger partial charge in [-0.05, 0) is 36.3 Å². The molecule has 3 heterocycles. The summed E-state index contributed by atoms with van der Waals surface area (Å²) in [4.78, 5) is 13.4. The van der Waals surface area contributed by atoms with Crippen molar-refractivity contribution in [2.24, 2.45) is 0 Å². The monoisotopic (exact) mass is 521 g/mol. The van der Waals surface area contributed by atoms with Crippen LogP contribution in [0.5, 0.6) is 0 Å². The number of hydrogen-bond acceptors (Lipinski definition) is 3. The molecule has 184 valence electrons. The van der Waals surface area contributed by atoms with Gasteiger partial charge in [0.2, 0.25) is 11.9 Å². The highest BCUT2D eigenvalue weighted by Gasteiger charge is 2.20. The van der Waals surface area contributed by atoms with Crippen LogP contribution >= 0.6 is 0 Å². The van der Waals surface area contributed by atoms with Gasteiger partial charge in [0.05, 0.1) is 49.6 Å². The highest BCUT2D eigenvalue weighted by molar-refractivity contribution is 6.10. The number of rotatable bonds is 3. The first-order valence-electron chi connectivity index (χ1n) is 19.4. The zero-order chi connectivity index (χ0) is 39.8. The second-order valence-corrected chi connectivity index (χ2v) is 8.30. The fraction of sp³-hybridized carbons (Fsp3) is 0. The normalized spacial score (nSPS) is 17.5. The Morgan fingerprint density at radius 2 is 0.897 bits per heavy atom. The van der Waals surface area contributed by atoms with Crippen LogP contribution in [0.4, 0.5) is 4.39 Å². The Balaban J connectivity index is 1.67. The van der Waals surface area contributed by atoms with Gasteiger partial charge < -0.3 is 0 Å². The number of para-hydroxylation sites is 4. The number of halogens is 1. The first-order valence-corrected chi connectivity index (χ1v) is 11.4. The number of nitrogens with zero attached hydrogens (tertiary/aromatic N) is 5. The Labute approximate surface area is 244 Å². The van der Waals surface area contributed by atoms with Gasteiger partial charge in [-0.2, -0.15) is 15.0 Å². The number of benzene rings is 5. The van der Waals surface area contributed by atoms with Crippen molar-refractivity contribution in [3.8, 4) is 23.3 Å². The molecule has 5 aromatic carbocycles. The predicted octanol–water partition coefficient (Wildman–Crippen LogP) is 7.87. The minimum Gasteiger partial charge on any atom is -0.278 e. The fourth-order valence-electron chi connectivity index (χ4n) is 4.56. The van der Waals surface area contributed by atoms with Gasteiger partial charge in [-0.1, -0.05) is 84.6 Å². The quantitative estimate of drug-likeness (QED) is 0.238. The number of hydrogen-bond donors (Lipinski definition) is 0. The summed E-state index contributed by atoms with van der Waals surface area (Å²) in [6, 6.07) is -5.99. The van der Waals surface area contributed by atoms with Crippen LogP contribution in [0.15, 0.2) is 121 Å². The molecule has 0 aliphatic heterocycles. The Kier molecular flexibility index (Phi) is 2.39. The third-order valence-electron chi connectivity index (χ3n) is 6.19. The van der Waals surface area contributed by atoms with E-state index in [1.54, 1.807) is 0 Å². The smallest absolute Gasteiger partial charge is 0.240 e. The Morgan fingerprint density at radius 3 is 1.31 bits per heavy atom. The van der Waals surface area contributed by atoms with Gasteiger partial charge in [0.15, 0.2) is 5.82 Å². The Morgan fingerprint density at radius 1 is 0.513 bits per heavy atom. The topological polar surface area (TPSA) is 48.5 Å². The van der Waals surface area contributed by atoms with Crippen molar-refractivity contribution >= 4 is 43.6 Å². The minimum atomic E-state index is -0.859. The third-order valence-corrected chi connectivity index (χ3v) is 6.19. The average Bonchev–Trinajstić information content (AvgIpc) is 3.73. The first kappa shape index (κ1) is 11.2. The molecule has 39 heavy (non-hydrogen) atoms. The minimum absolute atomic E-state index is 0.262. The van der Waals surface area contributed by atoms with Crippen molar-refractivity contribution in [1.82, 2.24) is 24.1 Å². The molecule has 8 rings (SSSR count). The van der Waals surface area contributed by atoms with Crippen molar-refractivity contribution in [1.29, 1.82) is 0 Å². The van der Waals surface area contributed by atoms with E-state index in [4.69, 9.17) is 21.9 Å². The van der Waals surface area contributed by atoms with Gasteiger partial charge in [-0.3, -0.25) is 9.13 Å². The van der Waals surface area contributed by atoms with E-state index in [1.807, 2.05) is 0 Å². The second-order valence-electron chi connectivity index (χ2n) is 8.30. The zero-order valence-corrected chi connectivity index (χ0v) is 19.4. The van der Waals surface area contributed by atoms with Gasteiger partial charge in [0, 0.05) is 21.5 Å². The SMILES string of the molecule is [2H]c1c([2H])c([2H])c2c(c1[2H])c1c([2H])c([2H])c([2H])c([2H])c1n2-c1nc(-c2ccccc2F)nc(-n2c3c([2H])c([2H])c([2H])c([2H])c3c3c([2H])c([2H])c([2H])c([2H])c32)n1. The van der Waals surface area contributed by atoms with E-state index in [0.29, 0.717) is 0 Å². The summed E-state index contributed by atoms with van der Waals surface area (Å²) in [6.45, 7) is 0. The summed E-state index contributed by atoms with van der Waals surface area (Å²) in [5.41, 5.74) is -1.83. The third kappa shape index (κ3) is 3.21. The molecular weight excluding hydrogens is 485 g/mol. The van der Waals surface area contributed by atoms with Gasteiger partial charge in [0.25, 0.3) is 0 Å². The van der Waals surface area contributed by atoms with Crippen LogP contribution in [0.1, 0.15) is 21.9 Å². The Hall–Kier alpha value is -5.36. The predicted molar refractivity (Wildman–Crippen MR) is 154 cm³/mol. The van der Waals surface area contributed by atoms with Crippen molar-refractivity contribution in [2.45, 2.75) is 0 Å². The number of fused-ring (bicyclic) bond motifs is 6. The Bertz CT molecular complexity index is 2750. The van der Waals surface area contributed by atoms with E-state index in [1.165, 1.54) is 18.2 Å². The molecule has 0 fully saturated rings. The van der Waals surface area contributed by atoms with Crippen LogP contribution in [0.2, 0.25) is 0 Å². The van der Waals surface area contributed by atoms with E-state index in [0.717, 1.165) is 15.2 Å². The van der Waals surface area contributed by atoms with Crippen LogP contribution in [0.25, 0.3) is 66.9 Å². The van der Waals surface area contributed by atoms with Crippen LogP contribution < -0.4 is 0 Å². The summed E-state index contributed by atoms with van der Waals surface area (Å²) in [6.07, 6.45) is 0. The molecule has 6 heteroatoms. The van der Waals surface area contributed by atoms with Crippen LogP contribution in [0.3, 0.4) is 0 Å². The molecule has 0 amide bonds. The maximum Gasteiger partial charge on any atom is 0.240 e. The maximum absolute atomic E-state index is 15.6. The lowest BCUT2D eigenvalue weighted by Crippen LogP contribution is -2.10. The largest absolute Gasteiger partial charge is 0.278 e. The summed E-state index contributed by atoms with van der Waals surface area (Å²) in [5.74, 6) is -2.53.